The summed E-state index contributed by atoms with van der Waals surface area (Å²) in [5, 5.41) is 20.5. The molecule has 0 aliphatic carbocycles. The lowest BCUT2D eigenvalue weighted by atomic mass is 9.85. The number of benzene rings is 1. The van der Waals surface area contributed by atoms with Crippen LogP contribution in [0.15, 0.2) is 36.4 Å². The van der Waals surface area contributed by atoms with E-state index in [1.807, 2.05) is 50.2 Å². The molecule has 4 heterocycles. The zero-order valence-electron chi connectivity index (χ0n) is 18.5. The number of carbonyl (C=O) groups excluding carboxylic acids is 1. The molecule has 0 spiro atoms. The predicted octanol–water partition coefficient (Wildman–Crippen LogP) is 3.44. The highest BCUT2D eigenvalue weighted by Gasteiger charge is 2.34. The number of amides is 1. The maximum atomic E-state index is 12.8. The van der Waals surface area contributed by atoms with Crippen LogP contribution in [0.5, 0.6) is 5.75 Å². The molecule has 3 aromatic heterocycles. The maximum absolute atomic E-state index is 12.8. The normalized spacial score (nSPS) is 15.8. The molecule has 1 aromatic carbocycles. The highest BCUT2D eigenvalue weighted by molar-refractivity contribution is 5.95. The number of ether oxygens (including phenoxy) is 1. The summed E-state index contributed by atoms with van der Waals surface area (Å²) < 4.78 is 9.45. The molecular formula is C23H25N7O2. The summed E-state index contributed by atoms with van der Waals surface area (Å²) in [4.78, 5) is 12.8. The van der Waals surface area contributed by atoms with Crippen LogP contribution in [0.1, 0.15) is 48.8 Å². The SMILES string of the molecule is Cc1nn(-c2ccc3nnc(C)n3n2)c2c1[C@@H](c1ccccc1OCC(C)C)CC(=O)N2. The number of fused-ring (bicyclic) bond motifs is 2. The van der Waals surface area contributed by atoms with E-state index in [0.717, 1.165) is 22.6 Å². The number of rotatable bonds is 5. The summed E-state index contributed by atoms with van der Waals surface area (Å²) in [6.45, 7) is 8.64. The summed E-state index contributed by atoms with van der Waals surface area (Å²) in [7, 11) is 0. The van der Waals surface area contributed by atoms with E-state index >= 15 is 0 Å². The van der Waals surface area contributed by atoms with Gasteiger partial charge in [0, 0.05) is 23.5 Å². The fourth-order valence-corrected chi connectivity index (χ4v) is 4.13. The maximum Gasteiger partial charge on any atom is 0.226 e. The van der Waals surface area contributed by atoms with Gasteiger partial charge in [0.25, 0.3) is 0 Å². The monoisotopic (exact) mass is 431 g/mol. The fourth-order valence-electron chi connectivity index (χ4n) is 4.13. The molecule has 4 aromatic rings. The van der Waals surface area contributed by atoms with E-state index in [1.165, 1.54) is 0 Å². The molecule has 1 amide bonds. The van der Waals surface area contributed by atoms with Crippen LogP contribution in [0, 0.1) is 19.8 Å². The minimum atomic E-state index is -0.156. The Bertz CT molecular complexity index is 1320. The molecule has 0 radical (unpaired) electrons. The molecular weight excluding hydrogens is 406 g/mol. The van der Waals surface area contributed by atoms with E-state index in [-0.39, 0.29) is 11.8 Å². The van der Waals surface area contributed by atoms with Gasteiger partial charge in [0.1, 0.15) is 11.6 Å². The van der Waals surface area contributed by atoms with E-state index in [1.54, 1.807) is 9.20 Å². The van der Waals surface area contributed by atoms with Gasteiger partial charge in [-0.05, 0) is 38.0 Å². The van der Waals surface area contributed by atoms with Crippen LogP contribution in [-0.2, 0) is 4.79 Å². The highest BCUT2D eigenvalue weighted by atomic mass is 16.5. The molecule has 32 heavy (non-hydrogen) atoms. The fraction of sp³-hybridized carbons (Fsp3) is 0.348. The van der Waals surface area contributed by atoms with E-state index in [9.17, 15) is 4.79 Å². The molecule has 1 aliphatic rings. The molecule has 0 fully saturated rings. The molecule has 0 unspecified atom stereocenters. The first-order valence-corrected chi connectivity index (χ1v) is 10.7. The molecule has 0 bridgehead atoms. The van der Waals surface area contributed by atoms with Crippen LogP contribution < -0.4 is 10.1 Å². The van der Waals surface area contributed by atoms with Crippen molar-refractivity contribution < 1.29 is 9.53 Å². The van der Waals surface area contributed by atoms with E-state index in [0.29, 0.717) is 42.1 Å². The average Bonchev–Trinajstić information content (AvgIpc) is 3.31. The minimum absolute atomic E-state index is 0.0659. The van der Waals surface area contributed by atoms with Gasteiger partial charge >= 0.3 is 0 Å². The first-order chi connectivity index (χ1) is 15.4. The van der Waals surface area contributed by atoms with Gasteiger partial charge in [-0.15, -0.1) is 15.3 Å². The third-order valence-electron chi connectivity index (χ3n) is 5.59. The molecule has 9 heteroatoms. The Hall–Kier alpha value is -3.75. The lowest BCUT2D eigenvalue weighted by molar-refractivity contribution is -0.116. The van der Waals surface area contributed by atoms with Gasteiger partial charge in [-0.1, -0.05) is 32.0 Å². The zero-order valence-corrected chi connectivity index (χ0v) is 18.5. The summed E-state index contributed by atoms with van der Waals surface area (Å²) in [6.07, 6.45) is 0.332. The quantitative estimate of drug-likeness (QED) is 0.520. The molecule has 5 rings (SSSR count). The second kappa shape index (κ2) is 7.74. The van der Waals surface area contributed by atoms with Crippen LogP contribution in [0.2, 0.25) is 0 Å². The van der Waals surface area contributed by atoms with Crippen LogP contribution >= 0.6 is 0 Å². The number of aryl methyl sites for hydroxylation is 2. The third kappa shape index (κ3) is 3.39. The van der Waals surface area contributed by atoms with E-state index in [4.69, 9.17) is 9.84 Å². The number of hydrogen-bond acceptors (Lipinski definition) is 6. The number of carbonyl (C=O) groups is 1. The average molecular weight is 432 g/mol. The highest BCUT2D eigenvalue weighted by Crippen LogP contribution is 2.43. The van der Waals surface area contributed by atoms with Gasteiger partial charge in [0.2, 0.25) is 5.91 Å². The second-order valence-corrected chi connectivity index (χ2v) is 8.52. The van der Waals surface area contributed by atoms with Crippen molar-refractivity contribution in [2.75, 3.05) is 11.9 Å². The Morgan fingerprint density at radius 1 is 1.12 bits per heavy atom. The number of aromatic nitrogens is 6. The van der Waals surface area contributed by atoms with Crippen LogP contribution in [0.3, 0.4) is 0 Å². The van der Waals surface area contributed by atoms with Crippen molar-refractivity contribution in [2.45, 2.75) is 40.0 Å². The van der Waals surface area contributed by atoms with Crippen molar-refractivity contribution in [1.82, 2.24) is 29.6 Å². The summed E-state index contributed by atoms with van der Waals surface area (Å²) in [5.74, 6) is 2.88. The minimum Gasteiger partial charge on any atom is -0.493 e. The predicted molar refractivity (Wildman–Crippen MR) is 119 cm³/mol. The standard InChI is InChI=1S/C23H25N7O2/c1-13(2)12-32-18-8-6-5-7-16(18)17-11-21(31)24-23-22(17)14(3)27-30(23)20-10-9-19-26-25-15(4)29(19)28-20/h5-10,13,17H,11-12H2,1-4H3,(H,24,31)/t17-/m1/s1. The Balaban J connectivity index is 1.62. The van der Waals surface area contributed by atoms with Crippen molar-refractivity contribution in [3.8, 4) is 11.6 Å². The van der Waals surface area contributed by atoms with Crippen molar-refractivity contribution >= 4 is 17.4 Å². The topological polar surface area (TPSA) is 99.2 Å². The van der Waals surface area contributed by atoms with Crippen LogP contribution in [0.25, 0.3) is 11.5 Å². The largest absolute Gasteiger partial charge is 0.493 e. The molecule has 1 N–H and O–H groups in total. The molecule has 164 valence electrons. The Labute approximate surface area is 185 Å². The molecule has 1 aliphatic heterocycles. The number of nitrogens with one attached hydrogen (secondary N) is 1. The third-order valence-corrected chi connectivity index (χ3v) is 5.59. The van der Waals surface area contributed by atoms with Gasteiger partial charge in [0.05, 0.1) is 12.3 Å². The Morgan fingerprint density at radius 2 is 1.94 bits per heavy atom. The van der Waals surface area contributed by atoms with Gasteiger partial charge in [-0.3, -0.25) is 4.79 Å². The van der Waals surface area contributed by atoms with Gasteiger partial charge in [-0.2, -0.15) is 14.3 Å². The number of anilines is 1. The molecule has 0 saturated carbocycles. The first-order valence-electron chi connectivity index (χ1n) is 10.7. The molecule has 9 nitrogen and oxygen atoms in total. The second-order valence-electron chi connectivity index (χ2n) is 8.52. The lowest BCUT2D eigenvalue weighted by Crippen LogP contribution is -2.25. The number of hydrogen-bond donors (Lipinski definition) is 1. The zero-order chi connectivity index (χ0) is 22.4. The van der Waals surface area contributed by atoms with Crippen molar-refractivity contribution in [2.24, 2.45) is 5.92 Å². The smallest absolute Gasteiger partial charge is 0.226 e. The van der Waals surface area contributed by atoms with Crippen molar-refractivity contribution in [3.63, 3.8) is 0 Å². The van der Waals surface area contributed by atoms with Crippen LogP contribution in [-0.4, -0.2) is 42.1 Å². The van der Waals surface area contributed by atoms with Gasteiger partial charge in [0.15, 0.2) is 17.3 Å². The van der Waals surface area contributed by atoms with Crippen LogP contribution in [0.4, 0.5) is 5.82 Å². The summed E-state index contributed by atoms with van der Waals surface area (Å²) in [5.41, 5.74) is 3.46. The first kappa shape index (κ1) is 20.2. The number of nitrogens with zero attached hydrogens (tertiary/aromatic N) is 6. The summed E-state index contributed by atoms with van der Waals surface area (Å²) in [6, 6.07) is 11.6. The molecule has 0 saturated heterocycles. The number of para-hydroxylation sites is 1. The van der Waals surface area contributed by atoms with Crippen molar-refractivity contribution in [3.05, 3.63) is 59.0 Å². The Kier molecular flexibility index (Phi) is 4.88. The van der Waals surface area contributed by atoms with Gasteiger partial charge in [-0.25, -0.2) is 0 Å². The van der Waals surface area contributed by atoms with Gasteiger partial charge < -0.3 is 10.1 Å². The van der Waals surface area contributed by atoms with Crippen molar-refractivity contribution in [1.29, 1.82) is 0 Å². The lowest BCUT2D eigenvalue weighted by Gasteiger charge is -2.26. The Morgan fingerprint density at radius 3 is 2.75 bits per heavy atom. The van der Waals surface area contributed by atoms with E-state index in [2.05, 4.69) is 34.5 Å². The van der Waals surface area contributed by atoms with E-state index < -0.39 is 0 Å². The summed E-state index contributed by atoms with van der Waals surface area (Å²) >= 11 is 0. The molecule has 1 atom stereocenters.